The van der Waals surface area contributed by atoms with Crippen molar-refractivity contribution >= 4 is 15.9 Å². The fraction of sp³-hybridized carbons (Fsp3) is 0.467. The van der Waals surface area contributed by atoms with Crippen LogP contribution in [0.15, 0.2) is 35.3 Å². The van der Waals surface area contributed by atoms with Crippen LogP contribution in [-0.2, 0) is 11.2 Å². The fourth-order valence-corrected chi connectivity index (χ4v) is 2.98. The SMILES string of the molecule is C=CCCOCCNC1CCc2c(Br)cccc21. The summed E-state index contributed by atoms with van der Waals surface area (Å²) in [5.41, 5.74) is 2.90. The summed E-state index contributed by atoms with van der Waals surface area (Å²) in [5.74, 6) is 0. The first kappa shape index (κ1) is 13.8. The molecule has 0 saturated heterocycles. The Bertz CT molecular complexity index is 405. The first-order chi connectivity index (χ1) is 8.83. The summed E-state index contributed by atoms with van der Waals surface area (Å²) in [5, 5.41) is 3.57. The van der Waals surface area contributed by atoms with E-state index in [1.807, 2.05) is 6.08 Å². The van der Waals surface area contributed by atoms with Crippen LogP contribution in [0.1, 0.15) is 30.0 Å². The highest BCUT2D eigenvalue weighted by Crippen LogP contribution is 2.35. The van der Waals surface area contributed by atoms with Crippen LogP contribution in [0, 0.1) is 0 Å². The van der Waals surface area contributed by atoms with Crippen LogP contribution in [0.4, 0.5) is 0 Å². The molecule has 1 unspecified atom stereocenters. The van der Waals surface area contributed by atoms with Gasteiger partial charge in [-0.3, -0.25) is 0 Å². The van der Waals surface area contributed by atoms with Crippen LogP contribution in [0.25, 0.3) is 0 Å². The molecule has 3 heteroatoms. The molecule has 1 aromatic rings. The van der Waals surface area contributed by atoms with Crippen molar-refractivity contribution in [1.29, 1.82) is 0 Å². The maximum atomic E-state index is 5.50. The van der Waals surface area contributed by atoms with E-state index in [-0.39, 0.29) is 0 Å². The zero-order chi connectivity index (χ0) is 12.8. The van der Waals surface area contributed by atoms with E-state index in [0.717, 1.165) is 32.6 Å². The zero-order valence-electron chi connectivity index (χ0n) is 10.6. The lowest BCUT2D eigenvalue weighted by atomic mass is 10.1. The van der Waals surface area contributed by atoms with Crippen molar-refractivity contribution in [3.05, 3.63) is 46.5 Å². The summed E-state index contributed by atoms with van der Waals surface area (Å²) >= 11 is 3.62. The van der Waals surface area contributed by atoms with Crippen molar-refractivity contribution in [3.8, 4) is 0 Å². The number of nitrogens with one attached hydrogen (secondary N) is 1. The molecule has 0 fully saturated rings. The largest absolute Gasteiger partial charge is 0.380 e. The molecule has 2 rings (SSSR count). The Morgan fingerprint density at radius 3 is 3.17 bits per heavy atom. The third-order valence-corrected chi connectivity index (χ3v) is 4.06. The van der Waals surface area contributed by atoms with Crippen molar-refractivity contribution in [2.45, 2.75) is 25.3 Å². The third-order valence-electron chi connectivity index (χ3n) is 3.32. The lowest BCUT2D eigenvalue weighted by Gasteiger charge is -2.14. The lowest BCUT2D eigenvalue weighted by Crippen LogP contribution is -2.23. The number of benzene rings is 1. The quantitative estimate of drug-likeness (QED) is 0.613. The molecule has 0 aromatic heterocycles. The Kier molecular flexibility index (Phi) is 5.42. The predicted octanol–water partition coefficient (Wildman–Crippen LogP) is 3.62. The van der Waals surface area contributed by atoms with Crippen LogP contribution in [-0.4, -0.2) is 19.8 Å². The molecule has 1 aliphatic carbocycles. The molecule has 0 aliphatic heterocycles. The van der Waals surface area contributed by atoms with Gasteiger partial charge in [-0.2, -0.15) is 0 Å². The number of hydrogen-bond donors (Lipinski definition) is 1. The van der Waals surface area contributed by atoms with Gasteiger partial charge in [0.2, 0.25) is 0 Å². The summed E-state index contributed by atoms with van der Waals surface area (Å²) < 4.78 is 6.74. The molecular weight excluding hydrogens is 290 g/mol. The molecule has 1 aliphatic rings. The van der Waals surface area contributed by atoms with E-state index in [4.69, 9.17) is 4.74 Å². The number of rotatable bonds is 7. The molecule has 1 atom stereocenters. The van der Waals surface area contributed by atoms with E-state index in [2.05, 4.69) is 46.0 Å². The van der Waals surface area contributed by atoms with Gasteiger partial charge in [-0.05, 0) is 36.5 Å². The van der Waals surface area contributed by atoms with Crippen LogP contribution in [0.3, 0.4) is 0 Å². The van der Waals surface area contributed by atoms with E-state index < -0.39 is 0 Å². The summed E-state index contributed by atoms with van der Waals surface area (Å²) in [7, 11) is 0. The summed E-state index contributed by atoms with van der Waals surface area (Å²) in [6, 6.07) is 6.95. The number of hydrogen-bond acceptors (Lipinski definition) is 2. The van der Waals surface area contributed by atoms with Gasteiger partial charge in [-0.25, -0.2) is 0 Å². The average Bonchev–Trinajstić information content (AvgIpc) is 2.79. The molecule has 0 amide bonds. The lowest BCUT2D eigenvalue weighted by molar-refractivity contribution is 0.138. The molecule has 0 heterocycles. The minimum atomic E-state index is 0.487. The second-order valence-electron chi connectivity index (χ2n) is 4.54. The molecule has 0 saturated carbocycles. The molecular formula is C15H20BrNO. The van der Waals surface area contributed by atoms with Gasteiger partial charge in [-0.15, -0.1) is 6.58 Å². The summed E-state index contributed by atoms with van der Waals surface area (Å²) in [6.45, 7) is 6.13. The van der Waals surface area contributed by atoms with Crippen molar-refractivity contribution in [2.75, 3.05) is 19.8 Å². The van der Waals surface area contributed by atoms with E-state index in [1.165, 1.54) is 22.0 Å². The fourth-order valence-electron chi connectivity index (χ4n) is 2.40. The van der Waals surface area contributed by atoms with Crippen molar-refractivity contribution in [3.63, 3.8) is 0 Å². The minimum absolute atomic E-state index is 0.487. The van der Waals surface area contributed by atoms with Crippen molar-refractivity contribution in [2.24, 2.45) is 0 Å². The second kappa shape index (κ2) is 7.07. The summed E-state index contributed by atoms with van der Waals surface area (Å²) in [4.78, 5) is 0. The second-order valence-corrected chi connectivity index (χ2v) is 5.40. The van der Waals surface area contributed by atoms with Gasteiger partial charge < -0.3 is 10.1 Å². The zero-order valence-corrected chi connectivity index (χ0v) is 12.2. The Morgan fingerprint density at radius 1 is 1.44 bits per heavy atom. The van der Waals surface area contributed by atoms with Crippen molar-refractivity contribution in [1.82, 2.24) is 5.32 Å². The van der Waals surface area contributed by atoms with E-state index in [0.29, 0.717) is 6.04 Å². The highest BCUT2D eigenvalue weighted by atomic mass is 79.9. The minimum Gasteiger partial charge on any atom is -0.380 e. The van der Waals surface area contributed by atoms with Crippen LogP contribution >= 0.6 is 15.9 Å². The highest BCUT2D eigenvalue weighted by Gasteiger charge is 2.22. The van der Waals surface area contributed by atoms with Crippen LogP contribution in [0.2, 0.25) is 0 Å². The molecule has 18 heavy (non-hydrogen) atoms. The Balaban J connectivity index is 1.76. The standard InChI is InChI=1S/C15H20BrNO/c1-2-3-10-18-11-9-17-15-8-7-12-13(15)5-4-6-14(12)16/h2,4-6,15,17H,1,3,7-11H2. The smallest absolute Gasteiger partial charge is 0.0591 e. The predicted molar refractivity (Wildman–Crippen MR) is 78.8 cm³/mol. The van der Waals surface area contributed by atoms with E-state index in [1.54, 1.807) is 0 Å². The molecule has 1 aromatic carbocycles. The van der Waals surface area contributed by atoms with Gasteiger partial charge in [0.1, 0.15) is 0 Å². The topological polar surface area (TPSA) is 21.3 Å². The number of ether oxygens (including phenoxy) is 1. The van der Waals surface area contributed by atoms with E-state index in [9.17, 15) is 0 Å². The normalized spacial score (nSPS) is 17.7. The molecule has 1 N–H and O–H groups in total. The van der Waals surface area contributed by atoms with Gasteiger partial charge in [0.15, 0.2) is 0 Å². The summed E-state index contributed by atoms with van der Waals surface area (Å²) in [6.07, 6.45) is 5.16. The van der Waals surface area contributed by atoms with Crippen molar-refractivity contribution < 1.29 is 4.74 Å². The molecule has 98 valence electrons. The number of fused-ring (bicyclic) bond motifs is 1. The van der Waals surface area contributed by atoms with E-state index >= 15 is 0 Å². The monoisotopic (exact) mass is 309 g/mol. The van der Waals surface area contributed by atoms with Gasteiger partial charge >= 0.3 is 0 Å². The van der Waals surface area contributed by atoms with Gasteiger partial charge in [0, 0.05) is 17.1 Å². The van der Waals surface area contributed by atoms with Gasteiger partial charge in [0.25, 0.3) is 0 Å². The number of halogens is 1. The van der Waals surface area contributed by atoms with Gasteiger partial charge in [0.05, 0.1) is 13.2 Å². The first-order valence-electron chi connectivity index (χ1n) is 6.52. The highest BCUT2D eigenvalue weighted by molar-refractivity contribution is 9.10. The Labute approximate surface area is 118 Å². The first-order valence-corrected chi connectivity index (χ1v) is 7.31. The van der Waals surface area contributed by atoms with Crippen LogP contribution in [0.5, 0.6) is 0 Å². The van der Waals surface area contributed by atoms with Crippen LogP contribution < -0.4 is 5.32 Å². The maximum Gasteiger partial charge on any atom is 0.0591 e. The Hall–Kier alpha value is -0.640. The maximum absolute atomic E-state index is 5.50. The van der Waals surface area contributed by atoms with Gasteiger partial charge in [-0.1, -0.05) is 34.1 Å². The molecule has 0 radical (unpaired) electrons. The third kappa shape index (κ3) is 3.44. The molecule has 0 spiro atoms. The Morgan fingerprint density at radius 2 is 2.33 bits per heavy atom. The molecule has 2 nitrogen and oxygen atoms in total. The molecule has 0 bridgehead atoms. The average molecular weight is 310 g/mol.